The molecule has 1 saturated carbocycles. The molecule has 1 aliphatic rings. The number of nitrogens with one attached hydrogen (secondary N) is 1. The van der Waals surface area contributed by atoms with E-state index >= 15 is 0 Å². The third kappa shape index (κ3) is 2.88. The number of furan rings is 1. The summed E-state index contributed by atoms with van der Waals surface area (Å²) < 4.78 is 5.91. The average Bonchev–Trinajstić information content (AvgIpc) is 3.04. The molecule has 22 heavy (non-hydrogen) atoms. The Kier molecular flexibility index (Phi) is 4.21. The van der Waals surface area contributed by atoms with Crippen LogP contribution >= 0.6 is 0 Å². The number of aryl methyl sites for hydroxylation is 1. The Morgan fingerprint density at radius 2 is 2.18 bits per heavy atom. The Balaban J connectivity index is 1.69. The first kappa shape index (κ1) is 15.1. The summed E-state index contributed by atoms with van der Waals surface area (Å²) in [6.45, 7) is 4.01. The van der Waals surface area contributed by atoms with Gasteiger partial charge in [-0.25, -0.2) is 0 Å². The summed E-state index contributed by atoms with van der Waals surface area (Å²) in [6.07, 6.45) is 3.75. The molecule has 0 spiro atoms. The lowest BCUT2D eigenvalue weighted by molar-refractivity contribution is -0.122. The van der Waals surface area contributed by atoms with Crippen LogP contribution in [0.3, 0.4) is 0 Å². The molecule has 1 heterocycles. The molecule has 2 aromatic rings. The molecule has 0 saturated heterocycles. The summed E-state index contributed by atoms with van der Waals surface area (Å²) in [6, 6.07) is 8.01. The highest BCUT2D eigenvalue weighted by atomic mass is 16.3. The molecule has 3 atom stereocenters. The highest BCUT2D eigenvalue weighted by Gasteiger charge is 2.27. The first-order valence-electron chi connectivity index (χ1n) is 8.09. The maximum atomic E-state index is 12.2. The maximum absolute atomic E-state index is 12.2. The van der Waals surface area contributed by atoms with Crippen LogP contribution in [0.25, 0.3) is 11.0 Å². The fourth-order valence-corrected chi connectivity index (χ4v) is 3.53. The largest absolute Gasteiger partial charge is 0.459 e. The fraction of sp³-hybridized carbons (Fsp3) is 0.500. The van der Waals surface area contributed by atoms with Crippen molar-refractivity contribution in [2.45, 2.75) is 51.6 Å². The van der Waals surface area contributed by atoms with Crippen LogP contribution in [0.1, 0.15) is 50.0 Å². The van der Waals surface area contributed by atoms with Crippen molar-refractivity contribution >= 4 is 16.9 Å². The van der Waals surface area contributed by atoms with Gasteiger partial charge >= 0.3 is 0 Å². The number of amides is 1. The number of nitrogens with two attached hydrogens (primary N) is 1. The van der Waals surface area contributed by atoms with Gasteiger partial charge in [0.15, 0.2) is 0 Å². The number of benzene rings is 1. The molecule has 1 aliphatic carbocycles. The minimum atomic E-state index is -0.127. The van der Waals surface area contributed by atoms with Crippen molar-refractivity contribution in [3.63, 3.8) is 0 Å². The third-order valence-corrected chi connectivity index (χ3v) is 4.82. The van der Waals surface area contributed by atoms with Gasteiger partial charge in [0.1, 0.15) is 11.3 Å². The van der Waals surface area contributed by atoms with Gasteiger partial charge in [-0.2, -0.15) is 0 Å². The summed E-state index contributed by atoms with van der Waals surface area (Å²) in [7, 11) is 0. The van der Waals surface area contributed by atoms with Crippen LogP contribution in [-0.2, 0) is 4.79 Å². The van der Waals surface area contributed by atoms with Crippen LogP contribution in [-0.4, -0.2) is 11.9 Å². The molecule has 1 unspecified atom stereocenters. The zero-order valence-electron chi connectivity index (χ0n) is 13.3. The number of hydrogen-bond donors (Lipinski definition) is 2. The standard InChI is InChI=1S/C18H24N2O2/c1-11-14-7-3-4-9-16(14)22-18(11)12(2)20-17(21)10-13-6-5-8-15(13)19/h3-4,7,9,12-13,15H,5-6,8,10,19H2,1-2H3,(H,20,21)/t12?,13-,15+/m0/s1. The molecular weight excluding hydrogens is 276 g/mol. The molecule has 0 radical (unpaired) electrons. The summed E-state index contributed by atoms with van der Waals surface area (Å²) in [4.78, 5) is 12.2. The van der Waals surface area contributed by atoms with Crippen molar-refractivity contribution < 1.29 is 9.21 Å². The van der Waals surface area contributed by atoms with Crippen molar-refractivity contribution in [2.75, 3.05) is 0 Å². The molecule has 0 bridgehead atoms. The van der Waals surface area contributed by atoms with E-state index in [0.29, 0.717) is 12.3 Å². The number of para-hydroxylation sites is 1. The normalized spacial score (nSPS) is 22.9. The van der Waals surface area contributed by atoms with Gasteiger partial charge in [0.2, 0.25) is 5.91 Å². The molecule has 0 aliphatic heterocycles. The zero-order valence-corrected chi connectivity index (χ0v) is 13.3. The first-order chi connectivity index (χ1) is 10.6. The second-order valence-electron chi connectivity index (χ2n) is 6.44. The van der Waals surface area contributed by atoms with Gasteiger partial charge in [-0.1, -0.05) is 24.6 Å². The molecule has 3 rings (SSSR count). The maximum Gasteiger partial charge on any atom is 0.220 e. The van der Waals surface area contributed by atoms with Gasteiger partial charge in [-0.3, -0.25) is 4.79 Å². The Hall–Kier alpha value is -1.81. The number of hydrogen-bond acceptors (Lipinski definition) is 3. The van der Waals surface area contributed by atoms with E-state index in [1.165, 1.54) is 0 Å². The summed E-state index contributed by atoms with van der Waals surface area (Å²) >= 11 is 0. The minimum Gasteiger partial charge on any atom is -0.459 e. The van der Waals surface area contributed by atoms with Crippen molar-refractivity contribution in [1.82, 2.24) is 5.32 Å². The number of carbonyl (C=O) groups excluding carboxylic acids is 1. The van der Waals surface area contributed by atoms with Gasteiger partial charge in [0.25, 0.3) is 0 Å². The predicted octanol–water partition coefficient (Wildman–Crippen LogP) is 3.44. The topological polar surface area (TPSA) is 68.3 Å². The number of carbonyl (C=O) groups is 1. The van der Waals surface area contributed by atoms with Crippen molar-refractivity contribution in [2.24, 2.45) is 11.7 Å². The van der Waals surface area contributed by atoms with E-state index in [-0.39, 0.29) is 18.0 Å². The molecule has 1 fully saturated rings. The van der Waals surface area contributed by atoms with Crippen molar-refractivity contribution in [1.29, 1.82) is 0 Å². The van der Waals surface area contributed by atoms with E-state index < -0.39 is 0 Å². The van der Waals surface area contributed by atoms with Crippen molar-refractivity contribution in [3.05, 3.63) is 35.6 Å². The minimum absolute atomic E-state index is 0.0645. The average molecular weight is 300 g/mol. The van der Waals surface area contributed by atoms with Gasteiger partial charge in [-0.15, -0.1) is 0 Å². The summed E-state index contributed by atoms with van der Waals surface area (Å²) in [5.41, 5.74) is 8.01. The fourth-order valence-electron chi connectivity index (χ4n) is 3.53. The lowest BCUT2D eigenvalue weighted by Gasteiger charge is -2.17. The highest BCUT2D eigenvalue weighted by Crippen LogP contribution is 2.30. The van der Waals surface area contributed by atoms with Gasteiger partial charge in [0.05, 0.1) is 6.04 Å². The predicted molar refractivity (Wildman–Crippen MR) is 87.4 cm³/mol. The monoisotopic (exact) mass is 300 g/mol. The van der Waals surface area contributed by atoms with Crippen LogP contribution < -0.4 is 11.1 Å². The number of fused-ring (bicyclic) bond motifs is 1. The van der Waals surface area contributed by atoms with Crippen LogP contribution in [0.2, 0.25) is 0 Å². The SMILES string of the molecule is Cc1c(C(C)NC(=O)C[C@@H]2CCC[C@H]2N)oc2ccccc12. The lowest BCUT2D eigenvalue weighted by Crippen LogP contribution is -2.32. The Morgan fingerprint density at radius 1 is 1.41 bits per heavy atom. The van der Waals surface area contributed by atoms with E-state index in [0.717, 1.165) is 41.6 Å². The van der Waals surface area contributed by atoms with E-state index in [4.69, 9.17) is 10.2 Å². The van der Waals surface area contributed by atoms with Crippen LogP contribution in [0.15, 0.2) is 28.7 Å². The zero-order chi connectivity index (χ0) is 15.7. The van der Waals surface area contributed by atoms with Crippen LogP contribution in [0.5, 0.6) is 0 Å². The van der Waals surface area contributed by atoms with E-state index in [9.17, 15) is 4.79 Å². The first-order valence-corrected chi connectivity index (χ1v) is 8.09. The Morgan fingerprint density at radius 3 is 2.86 bits per heavy atom. The van der Waals surface area contributed by atoms with E-state index in [2.05, 4.69) is 5.32 Å². The molecule has 1 amide bonds. The van der Waals surface area contributed by atoms with Gasteiger partial charge < -0.3 is 15.5 Å². The van der Waals surface area contributed by atoms with Gasteiger partial charge in [-0.05, 0) is 38.7 Å². The Bertz CT molecular complexity index is 677. The molecule has 3 N–H and O–H groups in total. The quantitative estimate of drug-likeness (QED) is 0.909. The van der Waals surface area contributed by atoms with Gasteiger partial charge in [0, 0.05) is 23.4 Å². The molecule has 4 nitrogen and oxygen atoms in total. The second-order valence-corrected chi connectivity index (χ2v) is 6.44. The molecule has 1 aromatic heterocycles. The molecular formula is C18H24N2O2. The second kappa shape index (κ2) is 6.13. The van der Waals surface area contributed by atoms with Crippen LogP contribution in [0, 0.1) is 12.8 Å². The molecule has 118 valence electrons. The molecule has 4 heteroatoms. The smallest absolute Gasteiger partial charge is 0.220 e. The summed E-state index contributed by atoms with van der Waals surface area (Å²) in [5.74, 6) is 1.23. The Labute approximate surface area is 131 Å². The molecule has 1 aromatic carbocycles. The van der Waals surface area contributed by atoms with Crippen LogP contribution in [0.4, 0.5) is 0 Å². The summed E-state index contributed by atoms with van der Waals surface area (Å²) in [5, 5.41) is 4.16. The third-order valence-electron chi connectivity index (χ3n) is 4.82. The number of rotatable bonds is 4. The lowest BCUT2D eigenvalue weighted by atomic mass is 9.99. The van der Waals surface area contributed by atoms with E-state index in [1.54, 1.807) is 0 Å². The van der Waals surface area contributed by atoms with E-state index in [1.807, 2.05) is 38.1 Å². The highest BCUT2D eigenvalue weighted by molar-refractivity contribution is 5.82. The van der Waals surface area contributed by atoms with Crippen molar-refractivity contribution in [3.8, 4) is 0 Å².